The van der Waals surface area contributed by atoms with Gasteiger partial charge in [0.25, 0.3) is 0 Å². The van der Waals surface area contributed by atoms with Crippen LogP contribution in [0.3, 0.4) is 0 Å². The van der Waals surface area contributed by atoms with Crippen molar-refractivity contribution in [3.63, 3.8) is 0 Å². The van der Waals surface area contributed by atoms with Crippen molar-refractivity contribution in [3.05, 3.63) is 0 Å². The van der Waals surface area contributed by atoms with Crippen molar-refractivity contribution in [2.75, 3.05) is 0 Å². The molecule has 0 N–H and O–H groups in total. The summed E-state index contributed by atoms with van der Waals surface area (Å²) in [6.07, 6.45) is 0. The average Bonchev–Trinajstić information content (AvgIpc) is 0. The fourth-order valence-corrected chi connectivity index (χ4v) is 0. The molecule has 0 saturated heterocycles. The van der Waals surface area contributed by atoms with Crippen LogP contribution in [0.2, 0.25) is 0 Å². The maximum Gasteiger partial charge on any atom is 1.00 e. The monoisotopic (exact) mass is 142 g/mol. The molecule has 0 aliphatic rings. The molecule has 0 aromatic carbocycles. The van der Waals surface area contributed by atoms with Crippen LogP contribution in [0.4, 0.5) is 0 Å². The molecule has 0 nitrogen and oxygen atoms in total. The van der Waals surface area contributed by atoms with Crippen LogP contribution in [0.5, 0.6) is 0 Å². The molecule has 0 radical (unpaired) electrons. The van der Waals surface area contributed by atoms with E-state index in [-0.39, 0.29) is 119 Å². The van der Waals surface area contributed by atoms with E-state index in [0.717, 1.165) is 0 Å². The fourth-order valence-electron chi connectivity index (χ4n) is 0. The molecular formula is Cl2FKLi2. The van der Waals surface area contributed by atoms with E-state index in [1.807, 2.05) is 0 Å². The minimum atomic E-state index is 0. The van der Waals surface area contributed by atoms with Gasteiger partial charge in [-0.2, -0.15) is 0 Å². The summed E-state index contributed by atoms with van der Waals surface area (Å²) >= 11 is 0. The summed E-state index contributed by atoms with van der Waals surface area (Å²) in [4.78, 5) is 0. The summed E-state index contributed by atoms with van der Waals surface area (Å²) in [5.41, 5.74) is 0. The van der Waals surface area contributed by atoms with Gasteiger partial charge in [-0.1, -0.05) is 0 Å². The van der Waals surface area contributed by atoms with Crippen molar-refractivity contribution in [3.8, 4) is 0 Å². The van der Waals surface area contributed by atoms with E-state index >= 15 is 0 Å². The maximum absolute atomic E-state index is 0. The Morgan fingerprint density at radius 3 is 0.667 bits per heavy atom. The van der Waals surface area contributed by atoms with E-state index < -0.39 is 0 Å². The van der Waals surface area contributed by atoms with Crippen LogP contribution >= 0.6 is 0 Å². The third-order valence-electron chi connectivity index (χ3n) is 0. The largest absolute Gasteiger partial charge is 1.00 e. The zero-order valence-electron chi connectivity index (χ0n) is 4.13. The Balaban J connectivity index is 0. The molecule has 0 fully saturated rings. The molecule has 6 heteroatoms. The van der Waals surface area contributed by atoms with Crippen LogP contribution in [0.15, 0.2) is 0 Å². The summed E-state index contributed by atoms with van der Waals surface area (Å²) in [5, 5.41) is 0. The molecule has 0 aromatic rings. The molecule has 0 saturated carbocycles. The Kier molecular flexibility index (Phi) is 391. The molecular weight excluding hydrogens is 143 g/mol. The molecule has 24 valence electrons. The van der Waals surface area contributed by atoms with Crippen molar-refractivity contribution < 1.29 is 119 Å². The van der Waals surface area contributed by atoms with Gasteiger partial charge in [0.1, 0.15) is 0 Å². The summed E-state index contributed by atoms with van der Waals surface area (Å²) in [5.74, 6) is 0. The Labute approximate surface area is 116 Å². The van der Waals surface area contributed by atoms with Crippen molar-refractivity contribution in [1.29, 1.82) is 0 Å². The van der Waals surface area contributed by atoms with Crippen molar-refractivity contribution in [2.45, 2.75) is 0 Å². The first-order valence-electron chi connectivity index (χ1n) is 0. The quantitative estimate of drug-likeness (QED) is 0.295. The molecule has 0 amide bonds. The predicted octanol–water partition coefficient (Wildman–Crippen LogP) is -18.0. The molecule has 0 unspecified atom stereocenters. The van der Waals surface area contributed by atoms with Crippen molar-refractivity contribution in [2.24, 2.45) is 0 Å². The van der Waals surface area contributed by atoms with Crippen LogP contribution in [0, 0.1) is 0 Å². The maximum atomic E-state index is 0. The standard InChI is InChI=1S/2ClH.FH.K.2Li/h3*1H;;;/q;;;3*+1/p-3. The van der Waals surface area contributed by atoms with Crippen LogP contribution < -0.4 is 119 Å². The Hall–Kier alpha value is 3.34. The Morgan fingerprint density at radius 1 is 0.667 bits per heavy atom. The SMILES string of the molecule is [Cl-].[Cl-].[F-].[K+].[Li+].[Li+]. The van der Waals surface area contributed by atoms with E-state index in [4.69, 9.17) is 0 Å². The minimum absolute atomic E-state index is 0. The minimum Gasteiger partial charge on any atom is -1.00 e. The van der Waals surface area contributed by atoms with E-state index in [2.05, 4.69) is 0 Å². The van der Waals surface area contributed by atoms with Gasteiger partial charge in [0, 0.05) is 0 Å². The molecule has 0 heterocycles. The molecule has 0 atom stereocenters. The van der Waals surface area contributed by atoms with Gasteiger partial charge in [-0.25, -0.2) is 0 Å². The zero-order valence-corrected chi connectivity index (χ0v) is 8.77. The van der Waals surface area contributed by atoms with E-state index in [1.165, 1.54) is 0 Å². The Bertz CT molecular complexity index is 11.5. The van der Waals surface area contributed by atoms with Gasteiger partial charge >= 0.3 is 89.1 Å². The summed E-state index contributed by atoms with van der Waals surface area (Å²) in [6.45, 7) is 0. The number of halogens is 3. The molecule has 0 rings (SSSR count). The van der Waals surface area contributed by atoms with Crippen LogP contribution in [-0.2, 0) is 0 Å². The van der Waals surface area contributed by atoms with Crippen LogP contribution in [-0.4, -0.2) is 0 Å². The molecule has 0 spiro atoms. The topological polar surface area (TPSA) is 0 Å². The van der Waals surface area contributed by atoms with Crippen LogP contribution in [0.25, 0.3) is 0 Å². The predicted molar refractivity (Wildman–Crippen MR) is 0 cm³/mol. The Morgan fingerprint density at radius 2 is 0.667 bits per heavy atom. The average molecular weight is 143 g/mol. The normalized spacial score (nSPS) is 0. The number of hydrogen-bond acceptors (Lipinski definition) is 0. The molecule has 0 aromatic heterocycles. The third kappa shape index (κ3) is 26.4. The van der Waals surface area contributed by atoms with Crippen molar-refractivity contribution >= 4 is 0 Å². The van der Waals surface area contributed by atoms with E-state index in [9.17, 15) is 0 Å². The smallest absolute Gasteiger partial charge is 1.00 e. The third-order valence-corrected chi connectivity index (χ3v) is 0. The second-order valence-corrected chi connectivity index (χ2v) is 0. The second-order valence-electron chi connectivity index (χ2n) is 0. The summed E-state index contributed by atoms with van der Waals surface area (Å²) in [6, 6.07) is 0. The molecule has 0 aliphatic carbocycles. The zero-order chi connectivity index (χ0) is 0. The van der Waals surface area contributed by atoms with E-state index in [0.29, 0.717) is 0 Å². The first kappa shape index (κ1) is 58.2. The second kappa shape index (κ2) is 40.3. The molecule has 0 bridgehead atoms. The van der Waals surface area contributed by atoms with Gasteiger partial charge in [0.15, 0.2) is 0 Å². The number of hydrogen-bond donors (Lipinski definition) is 0. The van der Waals surface area contributed by atoms with Gasteiger partial charge in [-0.3, -0.25) is 0 Å². The fraction of sp³-hybridized carbons (Fsp3) is 0. The molecule has 6 heavy (non-hydrogen) atoms. The van der Waals surface area contributed by atoms with Gasteiger partial charge in [-0.05, 0) is 0 Å². The van der Waals surface area contributed by atoms with Gasteiger partial charge < -0.3 is 29.5 Å². The molecule has 0 aliphatic heterocycles. The van der Waals surface area contributed by atoms with Gasteiger partial charge in [-0.15, -0.1) is 0 Å². The summed E-state index contributed by atoms with van der Waals surface area (Å²) in [7, 11) is 0. The number of rotatable bonds is 0. The first-order chi connectivity index (χ1) is 0. The van der Waals surface area contributed by atoms with Crippen LogP contribution in [0.1, 0.15) is 0 Å². The van der Waals surface area contributed by atoms with Gasteiger partial charge in [0.05, 0.1) is 0 Å². The van der Waals surface area contributed by atoms with E-state index in [1.54, 1.807) is 0 Å². The first-order valence-corrected chi connectivity index (χ1v) is 0. The van der Waals surface area contributed by atoms with Gasteiger partial charge in [0.2, 0.25) is 0 Å². The van der Waals surface area contributed by atoms with Crippen molar-refractivity contribution in [1.82, 2.24) is 0 Å². The summed E-state index contributed by atoms with van der Waals surface area (Å²) < 4.78 is 0.